The first-order valence-corrected chi connectivity index (χ1v) is 15.0. The highest BCUT2D eigenvalue weighted by molar-refractivity contribution is 5.95. The molecule has 2 N–H and O–H groups in total. The molecule has 3 aliphatic rings. The molecule has 0 unspecified atom stereocenters. The number of piperidine rings is 1. The van der Waals surface area contributed by atoms with Crippen LogP contribution in [0.25, 0.3) is 11.1 Å². The number of rotatable bonds is 3. The van der Waals surface area contributed by atoms with Gasteiger partial charge in [-0.05, 0) is 61.7 Å². The zero-order valence-electron chi connectivity index (χ0n) is 25.2. The van der Waals surface area contributed by atoms with Gasteiger partial charge >= 0.3 is 0 Å². The maximum absolute atomic E-state index is 13.6. The van der Waals surface area contributed by atoms with Gasteiger partial charge in [-0.25, -0.2) is 0 Å². The number of nitrogens with zero attached hydrogens (tertiary/aromatic N) is 3. The van der Waals surface area contributed by atoms with Gasteiger partial charge in [-0.1, -0.05) is 29.4 Å². The van der Waals surface area contributed by atoms with Crippen molar-refractivity contribution in [2.24, 2.45) is 0 Å². The number of hydrogen-bond acceptors (Lipinski definition) is 8. The van der Waals surface area contributed by atoms with Crippen molar-refractivity contribution in [2.75, 3.05) is 19.7 Å². The molecule has 0 aliphatic carbocycles. The second kappa shape index (κ2) is 13.2. The molecule has 5 heterocycles. The summed E-state index contributed by atoms with van der Waals surface area (Å²) in [5, 5.41) is 10.00. The summed E-state index contributed by atoms with van der Waals surface area (Å²) in [6.45, 7) is 4.73. The van der Waals surface area contributed by atoms with Gasteiger partial charge in [-0.2, -0.15) is 0 Å². The number of likely N-dealkylation sites (tertiary alicyclic amines) is 1. The number of ether oxygens (including phenoxy) is 2. The molecule has 6 bridgehead atoms. The van der Waals surface area contributed by atoms with Crippen LogP contribution < -0.4 is 20.1 Å². The Morgan fingerprint density at radius 1 is 1.00 bits per heavy atom. The monoisotopic (exact) mass is 609 g/mol. The van der Waals surface area contributed by atoms with Crippen molar-refractivity contribution in [2.45, 2.75) is 51.8 Å². The average molecular weight is 610 g/mol. The number of pyridine rings is 1. The van der Waals surface area contributed by atoms with E-state index < -0.39 is 6.04 Å². The maximum Gasteiger partial charge on any atom is 0.258 e. The van der Waals surface area contributed by atoms with E-state index in [2.05, 4.69) is 20.8 Å². The molecular weight excluding hydrogens is 574 g/mol. The highest BCUT2D eigenvalue weighted by Crippen LogP contribution is 2.26. The normalized spacial score (nSPS) is 18.6. The number of carbonyl (C=O) groups excluding carboxylic acids is 3. The summed E-state index contributed by atoms with van der Waals surface area (Å²) in [5.41, 5.74) is 4.53. The Kier molecular flexibility index (Phi) is 8.77. The fraction of sp³-hybridized carbons (Fsp3) is 0.324. The van der Waals surface area contributed by atoms with Crippen LogP contribution in [0.2, 0.25) is 0 Å². The van der Waals surface area contributed by atoms with E-state index >= 15 is 0 Å². The predicted molar refractivity (Wildman–Crippen MR) is 165 cm³/mol. The third-order valence-electron chi connectivity index (χ3n) is 8.23. The van der Waals surface area contributed by atoms with Crippen LogP contribution in [0.15, 0.2) is 71.5 Å². The highest BCUT2D eigenvalue weighted by atomic mass is 16.5. The zero-order valence-corrected chi connectivity index (χ0v) is 25.2. The van der Waals surface area contributed by atoms with Crippen LogP contribution in [0.4, 0.5) is 0 Å². The molecule has 3 aliphatic heterocycles. The van der Waals surface area contributed by atoms with Crippen LogP contribution in [-0.4, -0.2) is 64.6 Å². The van der Waals surface area contributed by atoms with Crippen LogP contribution in [0.1, 0.15) is 45.8 Å². The Balaban J connectivity index is 1.25. The molecule has 0 radical (unpaired) electrons. The van der Waals surface area contributed by atoms with Crippen LogP contribution in [0.3, 0.4) is 0 Å². The molecule has 2 atom stereocenters. The van der Waals surface area contributed by atoms with E-state index in [-0.39, 0.29) is 30.4 Å². The molecule has 2 aromatic carbocycles. The van der Waals surface area contributed by atoms with Crippen LogP contribution in [0, 0.1) is 13.8 Å². The fourth-order valence-electron chi connectivity index (χ4n) is 5.69. The van der Waals surface area contributed by atoms with Gasteiger partial charge in [0.05, 0.1) is 17.3 Å². The molecular formula is C34H35N5O6. The van der Waals surface area contributed by atoms with Gasteiger partial charge in [-0.3, -0.25) is 19.4 Å². The highest BCUT2D eigenvalue weighted by Gasteiger charge is 2.34. The molecule has 7 rings (SSSR count). The number of carbonyl (C=O) groups is 3. The van der Waals surface area contributed by atoms with Gasteiger partial charge in [0.1, 0.15) is 23.4 Å². The second-order valence-electron chi connectivity index (χ2n) is 11.4. The SMILES string of the molecule is Cc1noc(C)c1CCC(=O)N1CC[C@@H]2Oc3ccc(cc3)CNC(=O)COc3cccc(c3)-c3cncc(c3)C(=O)N[C@@H]2C1. The molecule has 0 spiro atoms. The van der Waals surface area contributed by atoms with Gasteiger partial charge in [0.25, 0.3) is 11.8 Å². The maximum atomic E-state index is 13.6. The molecule has 3 amide bonds. The lowest BCUT2D eigenvalue weighted by molar-refractivity contribution is -0.133. The molecule has 2 aromatic heterocycles. The molecule has 1 fully saturated rings. The lowest BCUT2D eigenvalue weighted by Gasteiger charge is -2.39. The van der Waals surface area contributed by atoms with Crippen molar-refractivity contribution in [3.63, 3.8) is 0 Å². The van der Waals surface area contributed by atoms with Gasteiger partial charge in [0.15, 0.2) is 6.61 Å². The number of benzene rings is 2. The van der Waals surface area contributed by atoms with Crippen LogP contribution in [-0.2, 0) is 22.6 Å². The minimum absolute atomic E-state index is 0.00805. The second-order valence-corrected chi connectivity index (χ2v) is 11.4. The Bertz CT molecular complexity index is 1680. The molecule has 45 heavy (non-hydrogen) atoms. The van der Waals surface area contributed by atoms with Gasteiger partial charge in [0.2, 0.25) is 5.91 Å². The summed E-state index contributed by atoms with van der Waals surface area (Å²) in [7, 11) is 0. The Hall–Kier alpha value is -5.19. The van der Waals surface area contributed by atoms with Gasteiger partial charge < -0.3 is 29.5 Å². The predicted octanol–water partition coefficient (Wildman–Crippen LogP) is 3.77. The standard InChI is InChI=1S/C34H35N5O6/c1-21-29(22(2)45-38-21)10-11-33(41)39-13-12-31-30(19-39)37-34(42)26-14-25(17-35-18-26)24-4-3-5-28(15-24)43-20-32(40)36-16-23-6-8-27(44-31)9-7-23/h3-9,14-15,17-18,30-31H,10-13,16,19-20H2,1-2H3,(H,36,40)(H,37,42)/t30-,31+/m1/s1. The smallest absolute Gasteiger partial charge is 0.258 e. The largest absolute Gasteiger partial charge is 0.488 e. The van der Waals surface area contributed by atoms with Gasteiger partial charge in [0, 0.05) is 56.0 Å². The molecule has 0 saturated carbocycles. The number of fused-ring (bicyclic) bond motifs is 7. The summed E-state index contributed by atoms with van der Waals surface area (Å²) in [6.07, 6.45) is 4.18. The first kappa shape index (κ1) is 29.9. The number of nitrogens with one attached hydrogen (secondary N) is 2. The van der Waals surface area contributed by atoms with E-state index in [1.54, 1.807) is 29.3 Å². The molecule has 11 heteroatoms. The molecule has 11 nitrogen and oxygen atoms in total. The van der Waals surface area contributed by atoms with Crippen molar-refractivity contribution in [1.29, 1.82) is 0 Å². The zero-order chi connectivity index (χ0) is 31.3. The van der Waals surface area contributed by atoms with Gasteiger partial charge in [-0.15, -0.1) is 0 Å². The number of aromatic nitrogens is 2. The number of aryl methyl sites for hydroxylation is 2. The molecule has 232 valence electrons. The number of amides is 3. The summed E-state index contributed by atoms with van der Waals surface area (Å²) < 4.78 is 17.4. The first-order valence-electron chi connectivity index (χ1n) is 15.0. The lowest BCUT2D eigenvalue weighted by atomic mass is 9.99. The van der Waals surface area contributed by atoms with Crippen molar-refractivity contribution in [1.82, 2.24) is 25.7 Å². The van der Waals surface area contributed by atoms with E-state index in [0.29, 0.717) is 56.0 Å². The van der Waals surface area contributed by atoms with E-state index in [1.165, 1.54) is 6.20 Å². The van der Waals surface area contributed by atoms with Crippen molar-refractivity contribution in [3.8, 4) is 22.6 Å². The van der Waals surface area contributed by atoms with Crippen molar-refractivity contribution >= 4 is 17.7 Å². The first-order chi connectivity index (χ1) is 21.8. The topological polar surface area (TPSA) is 136 Å². The summed E-state index contributed by atoms with van der Waals surface area (Å²) in [5.74, 6) is 1.31. The minimum Gasteiger partial charge on any atom is -0.488 e. The summed E-state index contributed by atoms with van der Waals surface area (Å²) >= 11 is 0. The quantitative estimate of drug-likeness (QED) is 0.358. The Morgan fingerprint density at radius 2 is 1.82 bits per heavy atom. The molecule has 4 aromatic rings. The lowest BCUT2D eigenvalue weighted by Crippen LogP contribution is -2.58. The average Bonchev–Trinajstić information content (AvgIpc) is 3.38. The third-order valence-corrected chi connectivity index (χ3v) is 8.23. The summed E-state index contributed by atoms with van der Waals surface area (Å²) in [4.78, 5) is 45.5. The minimum atomic E-state index is -0.473. The third kappa shape index (κ3) is 7.14. The Labute approximate surface area is 260 Å². The fourth-order valence-corrected chi connectivity index (χ4v) is 5.69. The molecule has 1 saturated heterocycles. The van der Waals surface area contributed by atoms with E-state index in [9.17, 15) is 14.4 Å². The van der Waals surface area contributed by atoms with E-state index in [1.807, 2.05) is 50.2 Å². The van der Waals surface area contributed by atoms with Crippen LogP contribution >= 0.6 is 0 Å². The Morgan fingerprint density at radius 3 is 2.62 bits per heavy atom. The van der Waals surface area contributed by atoms with Crippen LogP contribution in [0.5, 0.6) is 11.5 Å². The number of hydrogen-bond donors (Lipinski definition) is 2. The summed E-state index contributed by atoms with van der Waals surface area (Å²) in [6, 6.07) is 16.0. The van der Waals surface area contributed by atoms with E-state index in [4.69, 9.17) is 14.0 Å². The van der Waals surface area contributed by atoms with Crippen molar-refractivity contribution < 1.29 is 28.4 Å². The van der Waals surface area contributed by atoms with Crippen molar-refractivity contribution in [3.05, 3.63) is 95.1 Å². The van der Waals surface area contributed by atoms with E-state index in [0.717, 1.165) is 33.7 Å².